The lowest BCUT2D eigenvalue weighted by Crippen LogP contribution is -2.43. The molecule has 0 unspecified atom stereocenters. The number of likely N-dealkylation sites (tertiary alicyclic amines) is 1. The van der Waals surface area contributed by atoms with Crippen molar-refractivity contribution in [2.24, 2.45) is 11.8 Å². The van der Waals surface area contributed by atoms with Gasteiger partial charge >= 0.3 is 0 Å². The number of carbonyl (C=O) groups excluding carboxylic acids is 2. The average Bonchev–Trinajstić information content (AvgIpc) is 2.63. The monoisotopic (exact) mass is 345 g/mol. The number of benzene rings is 1. The van der Waals surface area contributed by atoms with E-state index in [0.717, 1.165) is 31.6 Å². The van der Waals surface area contributed by atoms with Gasteiger partial charge in [-0.3, -0.25) is 9.59 Å². The van der Waals surface area contributed by atoms with Crippen LogP contribution in [0, 0.1) is 11.8 Å². The number of nitrogens with one attached hydrogen (secondary N) is 1. The van der Waals surface area contributed by atoms with Gasteiger partial charge in [-0.05, 0) is 51.0 Å². The Bertz CT molecular complexity index is 571. The van der Waals surface area contributed by atoms with Crippen molar-refractivity contribution in [3.63, 3.8) is 0 Å². The van der Waals surface area contributed by atoms with Crippen LogP contribution < -0.4 is 10.2 Å². The summed E-state index contributed by atoms with van der Waals surface area (Å²) in [6.07, 6.45) is 1.48. The zero-order valence-electron chi connectivity index (χ0n) is 15.9. The van der Waals surface area contributed by atoms with E-state index < -0.39 is 0 Å². The van der Waals surface area contributed by atoms with Crippen molar-refractivity contribution in [1.82, 2.24) is 4.90 Å². The molecule has 1 aromatic rings. The van der Waals surface area contributed by atoms with Crippen molar-refractivity contribution in [3.05, 3.63) is 24.3 Å². The van der Waals surface area contributed by atoms with Crippen molar-refractivity contribution in [2.45, 2.75) is 40.5 Å². The van der Waals surface area contributed by atoms with E-state index in [2.05, 4.69) is 24.1 Å². The van der Waals surface area contributed by atoms with Crippen LogP contribution in [0.25, 0.3) is 0 Å². The van der Waals surface area contributed by atoms with Gasteiger partial charge in [0.05, 0.1) is 0 Å². The van der Waals surface area contributed by atoms with Gasteiger partial charge in [0.25, 0.3) is 0 Å². The second kappa shape index (κ2) is 8.88. The van der Waals surface area contributed by atoms with Crippen LogP contribution in [0.5, 0.6) is 0 Å². The zero-order chi connectivity index (χ0) is 18.4. The third-order valence-electron chi connectivity index (χ3n) is 4.93. The SMILES string of the molecule is CCN(CC)c1ccc(NC(=O)C2CCN(C(=O)C(C)C)CC2)cc1. The number of amides is 2. The third kappa shape index (κ3) is 4.97. The highest BCUT2D eigenvalue weighted by molar-refractivity contribution is 5.93. The Morgan fingerprint density at radius 3 is 2.16 bits per heavy atom. The lowest BCUT2D eigenvalue weighted by Gasteiger charge is -2.32. The lowest BCUT2D eigenvalue weighted by molar-refractivity contribution is -0.137. The molecule has 138 valence electrons. The molecular formula is C20H31N3O2. The van der Waals surface area contributed by atoms with E-state index >= 15 is 0 Å². The first-order chi connectivity index (χ1) is 12.0. The van der Waals surface area contributed by atoms with Crippen molar-refractivity contribution in [1.29, 1.82) is 0 Å². The Hall–Kier alpha value is -2.04. The minimum Gasteiger partial charge on any atom is -0.372 e. The molecule has 0 atom stereocenters. The molecule has 0 aliphatic carbocycles. The van der Waals surface area contributed by atoms with E-state index in [9.17, 15) is 9.59 Å². The highest BCUT2D eigenvalue weighted by Crippen LogP contribution is 2.22. The minimum absolute atomic E-state index is 0.0151. The van der Waals surface area contributed by atoms with Crippen LogP contribution in [0.3, 0.4) is 0 Å². The smallest absolute Gasteiger partial charge is 0.227 e. The van der Waals surface area contributed by atoms with E-state index in [4.69, 9.17) is 0 Å². The molecular weight excluding hydrogens is 314 g/mol. The van der Waals surface area contributed by atoms with E-state index in [0.29, 0.717) is 13.1 Å². The summed E-state index contributed by atoms with van der Waals surface area (Å²) in [6, 6.07) is 8.02. The molecule has 1 aliphatic rings. The number of carbonyl (C=O) groups is 2. The maximum atomic E-state index is 12.5. The first kappa shape index (κ1) is 19.3. The number of rotatable bonds is 6. The topological polar surface area (TPSA) is 52.7 Å². The van der Waals surface area contributed by atoms with Crippen LogP contribution in [0.2, 0.25) is 0 Å². The second-order valence-corrected chi connectivity index (χ2v) is 6.96. The minimum atomic E-state index is -0.0151. The first-order valence-electron chi connectivity index (χ1n) is 9.40. The van der Waals surface area contributed by atoms with Gasteiger partial charge in [0, 0.05) is 49.4 Å². The summed E-state index contributed by atoms with van der Waals surface area (Å²) in [5.74, 6) is 0.256. The molecule has 2 amide bonds. The van der Waals surface area contributed by atoms with Gasteiger partial charge in [-0.15, -0.1) is 0 Å². The van der Waals surface area contributed by atoms with Crippen LogP contribution in [-0.2, 0) is 9.59 Å². The van der Waals surface area contributed by atoms with Crippen molar-refractivity contribution >= 4 is 23.2 Å². The number of hydrogen-bond acceptors (Lipinski definition) is 3. The Kier molecular flexibility index (Phi) is 6.85. The van der Waals surface area contributed by atoms with Crippen LogP contribution in [-0.4, -0.2) is 42.9 Å². The molecule has 5 nitrogen and oxygen atoms in total. The molecule has 1 saturated heterocycles. The largest absolute Gasteiger partial charge is 0.372 e. The highest BCUT2D eigenvalue weighted by atomic mass is 16.2. The molecule has 1 aliphatic heterocycles. The van der Waals surface area contributed by atoms with Crippen LogP contribution in [0.1, 0.15) is 40.5 Å². The summed E-state index contributed by atoms with van der Waals surface area (Å²) in [7, 11) is 0. The first-order valence-corrected chi connectivity index (χ1v) is 9.40. The van der Waals surface area contributed by atoms with Gasteiger partial charge in [-0.1, -0.05) is 13.8 Å². The number of piperidine rings is 1. The molecule has 1 fully saturated rings. The normalized spacial score (nSPS) is 15.3. The van der Waals surface area contributed by atoms with Crippen LogP contribution >= 0.6 is 0 Å². The van der Waals surface area contributed by atoms with Crippen molar-refractivity contribution < 1.29 is 9.59 Å². The Morgan fingerprint density at radius 2 is 1.68 bits per heavy atom. The predicted molar refractivity (Wildman–Crippen MR) is 103 cm³/mol. The number of anilines is 2. The zero-order valence-corrected chi connectivity index (χ0v) is 15.9. The maximum absolute atomic E-state index is 12.5. The fourth-order valence-corrected chi connectivity index (χ4v) is 3.32. The molecule has 0 aromatic heterocycles. The molecule has 5 heteroatoms. The van der Waals surface area contributed by atoms with Gasteiger partial charge in [0.15, 0.2) is 0 Å². The van der Waals surface area contributed by atoms with E-state index in [1.807, 2.05) is 43.0 Å². The van der Waals surface area contributed by atoms with E-state index in [1.54, 1.807) is 0 Å². The molecule has 2 rings (SSSR count). The number of hydrogen-bond donors (Lipinski definition) is 1. The van der Waals surface area contributed by atoms with Gasteiger partial charge in [0.1, 0.15) is 0 Å². The Morgan fingerprint density at radius 1 is 1.12 bits per heavy atom. The molecule has 1 heterocycles. The van der Waals surface area contributed by atoms with E-state index in [1.165, 1.54) is 5.69 Å². The molecule has 0 spiro atoms. The standard InChI is InChI=1S/C20H31N3O2/c1-5-22(6-2)18-9-7-17(8-10-18)21-19(24)16-11-13-23(14-12-16)20(25)15(3)4/h7-10,15-16H,5-6,11-14H2,1-4H3,(H,21,24). The molecule has 0 saturated carbocycles. The summed E-state index contributed by atoms with van der Waals surface area (Å²) in [6.45, 7) is 11.4. The van der Waals surface area contributed by atoms with Gasteiger partial charge in [-0.25, -0.2) is 0 Å². The van der Waals surface area contributed by atoms with Gasteiger partial charge in [-0.2, -0.15) is 0 Å². The van der Waals surface area contributed by atoms with Crippen molar-refractivity contribution in [3.8, 4) is 0 Å². The predicted octanol–water partition coefficient (Wildman–Crippen LogP) is 3.37. The lowest BCUT2D eigenvalue weighted by atomic mass is 9.95. The number of nitrogens with zero attached hydrogens (tertiary/aromatic N) is 2. The summed E-state index contributed by atoms with van der Waals surface area (Å²) < 4.78 is 0. The van der Waals surface area contributed by atoms with Gasteiger partial charge < -0.3 is 15.1 Å². The van der Waals surface area contributed by atoms with E-state index in [-0.39, 0.29) is 23.7 Å². The Balaban J connectivity index is 1.87. The van der Waals surface area contributed by atoms with Crippen LogP contribution in [0.4, 0.5) is 11.4 Å². The maximum Gasteiger partial charge on any atom is 0.227 e. The summed E-state index contributed by atoms with van der Waals surface area (Å²) in [5, 5.41) is 3.02. The van der Waals surface area contributed by atoms with Crippen molar-refractivity contribution in [2.75, 3.05) is 36.4 Å². The highest BCUT2D eigenvalue weighted by Gasteiger charge is 2.28. The average molecular weight is 345 g/mol. The molecule has 25 heavy (non-hydrogen) atoms. The fourth-order valence-electron chi connectivity index (χ4n) is 3.32. The molecule has 1 aromatic carbocycles. The summed E-state index contributed by atoms with van der Waals surface area (Å²) in [4.78, 5) is 28.7. The fraction of sp³-hybridized carbons (Fsp3) is 0.600. The van der Waals surface area contributed by atoms with Gasteiger partial charge in [0.2, 0.25) is 11.8 Å². The second-order valence-electron chi connectivity index (χ2n) is 6.96. The molecule has 0 radical (unpaired) electrons. The van der Waals surface area contributed by atoms with Crippen LogP contribution in [0.15, 0.2) is 24.3 Å². The summed E-state index contributed by atoms with van der Waals surface area (Å²) in [5.41, 5.74) is 2.00. The third-order valence-corrected chi connectivity index (χ3v) is 4.93. The molecule has 0 bridgehead atoms. The Labute approximate surface area is 151 Å². The molecule has 1 N–H and O–H groups in total. The summed E-state index contributed by atoms with van der Waals surface area (Å²) >= 11 is 0. The quantitative estimate of drug-likeness (QED) is 0.860.